The van der Waals surface area contributed by atoms with Crippen molar-refractivity contribution in [1.82, 2.24) is 0 Å². The van der Waals surface area contributed by atoms with Gasteiger partial charge in [-0.25, -0.2) is 0 Å². The molecule has 0 spiro atoms. The Labute approximate surface area is 135 Å². The topological polar surface area (TPSA) is 37.3 Å². The number of ketones is 1. The monoisotopic (exact) mass is 304 g/mol. The average molecular weight is 304 g/mol. The van der Waals surface area contributed by atoms with Gasteiger partial charge in [0.25, 0.3) is 0 Å². The summed E-state index contributed by atoms with van der Waals surface area (Å²) in [5, 5.41) is 10.7. The first-order valence-corrected chi connectivity index (χ1v) is 8.83. The van der Waals surface area contributed by atoms with Crippen LogP contribution in [0, 0.1) is 23.7 Å². The molecule has 0 radical (unpaired) electrons. The standard InChI is InChI=1S/C20H32O2/c1-13(2)10-17(21)11-15(4)16-7-6-14(3)18-8-9-20(5,22)19(18)12-16/h12-13,15,18-19,22H,3,6-11H2,1-2,4-5H3/t15-,18-,19-,20-/m0/s1. The molecule has 2 aliphatic rings. The van der Waals surface area contributed by atoms with Gasteiger partial charge in [-0.2, -0.15) is 0 Å². The molecule has 0 amide bonds. The van der Waals surface area contributed by atoms with Crippen molar-refractivity contribution < 1.29 is 9.90 Å². The number of Topliss-reactive ketones (excluding diaryl/α,β-unsaturated/α-hetero) is 1. The minimum Gasteiger partial charge on any atom is -0.390 e. The molecular formula is C20H32O2. The molecule has 2 aliphatic carbocycles. The van der Waals surface area contributed by atoms with Crippen molar-refractivity contribution in [3.05, 3.63) is 23.8 Å². The third-order valence-corrected chi connectivity index (χ3v) is 5.57. The third-order valence-electron chi connectivity index (χ3n) is 5.57. The van der Waals surface area contributed by atoms with Crippen LogP contribution in [0.25, 0.3) is 0 Å². The smallest absolute Gasteiger partial charge is 0.133 e. The molecule has 0 bridgehead atoms. The minimum atomic E-state index is -0.620. The van der Waals surface area contributed by atoms with E-state index >= 15 is 0 Å². The number of fused-ring (bicyclic) bond motifs is 1. The zero-order chi connectivity index (χ0) is 16.5. The summed E-state index contributed by atoms with van der Waals surface area (Å²) < 4.78 is 0. The van der Waals surface area contributed by atoms with Crippen LogP contribution in [0.15, 0.2) is 23.8 Å². The van der Waals surface area contributed by atoms with Crippen LogP contribution in [0.2, 0.25) is 0 Å². The van der Waals surface area contributed by atoms with E-state index in [1.165, 1.54) is 11.1 Å². The van der Waals surface area contributed by atoms with Crippen LogP contribution < -0.4 is 0 Å². The highest BCUT2D eigenvalue weighted by Gasteiger charge is 2.44. The SMILES string of the molecule is C=C1CCC([C@@H](C)CC(=O)CC(C)C)=C[C@H]2[C@H]1CC[C@]2(C)O. The number of carbonyl (C=O) groups is 1. The van der Waals surface area contributed by atoms with E-state index in [1.54, 1.807) is 0 Å². The predicted molar refractivity (Wildman–Crippen MR) is 91.5 cm³/mol. The lowest BCUT2D eigenvalue weighted by molar-refractivity contribution is -0.120. The van der Waals surface area contributed by atoms with Crippen molar-refractivity contribution in [2.45, 2.75) is 71.8 Å². The zero-order valence-electron chi connectivity index (χ0n) is 14.7. The average Bonchev–Trinajstić information content (AvgIpc) is 2.57. The Kier molecular flexibility index (Phi) is 5.32. The highest BCUT2D eigenvalue weighted by atomic mass is 16.3. The molecule has 0 heterocycles. The van der Waals surface area contributed by atoms with Crippen LogP contribution in [0.3, 0.4) is 0 Å². The van der Waals surface area contributed by atoms with Crippen molar-refractivity contribution in [2.75, 3.05) is 0 Å². The van der Waals surface area contributed by atoms with Crippen LogP contribution in [0.1, 0.15) is 66.2 Å². The van der Waals surface area contributed by atoms with Crippen LogP contribution in [-0.4, -0.2) is 16.5 Å². The van der Waals surface area contributed by atoms with Crippen LogP contribution >= 0.6 is 0 Å². The molecule has 1 saturated carbocycles. The van der Waals surface area contributed by atoms with Gasteiger partial charge in [-0.3, -0.25) is 4.79 Å². The summed E-state index contributed by atoms with van der Waals surface area (Å²) in [6, 6.07) is 0. The van der Waals surface area contributed by atoms with E-state index in [0.29, 0.717) is 30.5 Å². The fraction of sp³-hybridized carbons (Fsp3) is 0.750. The molecule has 1 fully saturated rings. The summed E-state index contributed by atoms with van der Waals surface area (Å²) in [7, 11) is 0. The Bertz CT molecular complexity index is 470. The maximum atomic E-state index is 12.1. The van der Waals surface area contributed by atoms with Gasteiger partial charge in [-0.05, 0) is 50.4 Å². The fourth-order valence-electron chi connectivity index (χ4n) is 4.21. The Hall–Kier alpha value is -0.890. The maximum Gasteiger partial charge on any atom is 0.133 e. The summed E-state index contributed by atoms with van der Waals surface area (Å²) in [4.78, 5) is 12.1. The molecule has 0 aromatic carbocycles. The lowest BCUT2D eigenvalue weighted by atomic mass is 9.82. The van der Waals surface area contributed by atoms with E-state index in [1.807, 2.05) is 6.92 Å². The van der Waals surface area contributed by atoms with Gasteiger partial charge in [0, 0.05) is 18.8 Å². The molecule has 0 saturated heterocycles. The van der Waals surface area contributed by atoms with Crippen molar-refractivity contribution in [3.63, 3.8) is 0 Å². The maximum absolute atomic E-state index is 12.1. The molecule has 0 aromatic rings. The molecule has 22 heavy (non-hydrogen) atoms. The molecule has 2 heteroatoms. The van der Waals surface area contributed by atoms with E-state index in [9.17, 15) is 9.90 Å². The molecule has 0 aliphatic heterocycles. The van der Waals surface area contributed by atoms with Gasteiger partial charge in [0.2, 0.25) is 0 Å². The Morgan fingerprint density at radius 1 is 1.36 bits per heavy atom. The Morgan fingerprint density at radius 3 is 2.68 bits per heavy atom. The van der Waals surface area contributed by atoms with Gasteiger partial charge >= 0.3 is 0 Å². The lowest BCUT2D eigenvalue weighted by Gasteiger charge is -2.27. The van der Waals surface area contributed by atoms with Crippen molar-refractivity contribution in [1.29, 1.82) is 0 Å². The summed E-state index contributed by atoms with van der Waals surface area (Å²) in [6.45, 7) is 12.6. The number of hydrogen-bond donors (Lipinski definition) is 1. The molecule has 0 unspecified atom stereocenters. The van der Waals surface area contributed by atoms with Gasteiger partial charge in [0.1, 0.15) is 5.78 Å². The normalized spacial score (nSPS) is 33.4. The molecule has 1 N–H and O–H groups in total. The predicted octanol–water partition coefficient (Wildman–Crippen LogP) is 4.68. The quantitative estimate of drug-likeness (QED) is 0.749. The molecule has 2 rings (SSSR count). The van der Waals surface area contributed by atoms with Gasteiger partial charge in [0.15, 0.2) is 0 Å². The number of allylic oxidation sites excluding steroid dienone is 2. The van der Waals surface area contributed by atoms with E-state index in [0.717, 1.165) is 25.7 Å². The number of rotatable bonds is 5. The molecular weight excluding hydrogens is 272 g/mol. The van der Waals surface area contributed by atoms with E-state index in [4.69, 9.17) is 0 Å². The molecule has 2 nitrogen and oxygen atoms in total. The van der Waals surface area contributed by atoms with Crippen molar-refractivity contribution >= 4 is 5.78 Å². The van der Waals surface area contributed by atoms with Gasteiger partial charge in [-0.1, -0.05) is 44.6 Å². The van der Waals surface area contributed by atoms with Crippen LogP contribution in [0.4, 0.5) is 0 Å². The van der Waals surface area contributed by atoms with Crippen LogP contribution in [0.5, 0.6) is 0 Å². The van der Waals surface area contributed by atoms with Gasteiger partial charge in [0.05, 0.1) is 5.60 Å². The lowest BCUT2D eigenvalue weighted by Crippen LogP contribution is -2.30. The summed E-state index contributed by atoms with van der Waals surface area (Å²) in [5.74, 6) is 1.68. The second-order valence-electron chi connectivity index (χ2n) is 8.17. The highest BCUT2D eigenvalue weighted by Crippen LogP contribution is 2.48. The first-order valence-electron chi connectivity index (χ1n) is 8.83. The molecule has 124 valence electrons. The first-order chi connectivity index (χ1) is 10.2. The zero-order valence-corrected chi connectivity index (χ0v) is 14.7. The largest absolute Gasteiger partial charge is 0.390 e. The first kappa shape index (κ1) is 17.5. The summed E-state index contributed by atoms with van der Waals surface area (Å²) in [6.07, 6.45) is 7.50. The van der Waals surface area contributed by atoms with E-state index in [2.05, 4.69) is 33.4 Å². The van der Waals surface area contributed by atoms with Gasteiger partial charge < -0.3 is 5.11 Å². The molecule has 4 atom stereocenters. The second kappa shape index (κ2) is 6.70. The van der Waals surface area contributed by atoms with E-state index in [-0.39, 0.29) is 11.8 Å². The number of hydrogen-bond acceptors (Lipinski definition) is 2. The van der Waals surface area contributed by atoms with E-state index < -0.39 is 5.60 Å². The Morgan fingerprint density at radius 2 is 2.05 bits per heavy atom. The number of carbonyl (C=O) groups excluding carboxylic acids is 1. The van der Waals surface area contributed by atoms with Crippen molar-refractivity contribution in [3.8, 4) is 0 Å². The molecule has 0 aromatic heterocycles. The number of aliphatic hydroxyl groups is 1. The Balaban J connectivity index is 2.12. The minimum absolute atomic E-state index is 0.181. The summed E-state index contributed by atoms with van der Waals surface area (Å²) >= 11 is 0. The highest BCUT2D eigenvalue weighted by molar-refractivity contribution is 5.79. The van der Waals surface area contributed by atoms with Gasteiger partial charge in [-0.15, -0.1) is 0 Å². The van der Waals surface area contributed by atoms with Crippen LogP contribution in [-0.2, 0) is 4.79 Å². The summed E-state index contributed by atoms with van der Waals surface area (Å²) in [5.41, 5.74) is 2.02. The second-order valence-corrected chi connectivity index (χ2v) is 8.17. The fourth-order valence-corrected chi connectivity index (χ4v) is 4.21. The third kappa shape index (κ3) is 3.90. The van der Waals surface area contributed by atoms with Crippen molar-refractivity contribution in [2.24, 2.45) is 23.7 Å².